The molecule has 0 saturated heterocycles. The number of esters is 1. The zero-order valence-electron chi connectivity index (χ0n) is 5.55. The van der Waals surface area contributed by atoms with Gasteiger partial charge in [-0.1, -0.05) is 6.58 Å². The maximum absolute atomic E-state index is 10.5. The minimum atomic E-state index is -0.822. The van der Waals surface area contributed by atoms with Gasteiger partial charge in [0.15, 0.2) is 0 Å². The molecule has 0 fully saturated rings. The van der Waals surface area contributed by atoms with Crippen LogP contribution in [-0.4, -0.2) is 24.3 Å². The highest BCUT2D eigenvalue weighted by molar-refractivity contribution is 5.88. The molecular weight excluding hydrogens is 120 g/mol. The van der Waals surface area contributed by atoms with E-state index in [1.54, 1.807) is 0 Å². The second-order valence-corrected chi connectivity index (χ2v) is 1.69. The third-order valence-electron chi connectivity index (χ3n) is 0.952. The van der Waals surface area contributed by atoms with E-state index < -0.39 is 12.1 Å². The van der Waals surface area contributed by atoms with Crippen molar-refractivity contribution in [2.45, 2.75) is 13.0 Å². The second-order valence-electron chi connectivity index (χ2n) is 1.69. The zero-order valence-corrected chi connectivity index (χ0v) is 5.55. The molecule has 3 nitrogen and oxygen atoms in total. The molecule has 0 saturated carbocycles. The van der Waals surface area contributed by atoms with Crippen LogP contribution in [0.2, 0.25) is 0 Å². The number of methoxy groups -OCH3 is 1. The molecule has 0 radical (unpaired) electrons. The molecule has 0 aliphatic heterocycles. The lowest BCUT2D eigenvalue weighted by Crippen LogP contribution is -2.14. The summed E-state index contributed by atoms with van der Waals surface area (Å²) < 4.78 is 4.27. The van der Waals surface area contributed by atoms with E-state index in [-0.39, 0.29) is 5.57 Å². The molecular formula is C6H10O3. The highest BCUT2D eigenvalue weighted by Gasteiger charge is 2.10. The van der Waals surface area contributed by atoms with Gasteiger partial charge in [-0.3, -0.25) is 0 Å². The Morgan fingerprint density at radius 1 is 1.78 bits per heavy atom. The number of rotatable bonds is 2. The lowest BCUT2D eigenvalue weighted by Gasteiger charge is -2.03. The van der Waals surface area contributed by atoms with Gasteiger partial charge in [0.05, 0.1) is 18.8 Å². The van der Waals surface area contributed by atoms with E-state index in [0.717, 1.165) is 0 Å². The fourth-order valence-corrected chi connectivity index (χ4v) is 0.302. The van der Waals surface area contributed by atoms with Crippen molar-refractivity contribution in [3.8, 4) is 0 Å². The maximum Gasteiger partial charge on any atom is 0.335 e. The molecule has 52 valence electrons. The van der Waals surface area contributed by atoms with Crippen LogP contribution in [0.3, 0.4) is 0 Å². The lowest BCUT2D eigenvalue weighted by molar-refractivity contribution is -0.137. The largest absolute Gasteiger partial charge is 0.466 e. The summed E-state index contributed by atoms with van der Waals surface area (Å²) in [6.45, 7) is 4.76. The number of aliphatic hydroxyl groups excluding tert-OH is 1. The van der Waals surface area contributed by atoms with Gasteiger partial charge in [0, 0.05) is 0 Å². The van der Waals surface area contributed by atoms with Crippen molar-refractivity contribution in [1.29, 1.82) is 0 Å². The highest BCUT2D eigenvalue weighted by Crippen LogP contribution is 1.98. The first kappa shape index (κ1) is 8.17. The van der Waals surface area contributed by atoms with E-state index >= 15 is 0 Å². The lowest BCUT2D eigenvalue weighted by atomic mass is 10.2. The first-order chi connectivity index (χ1) is 4.09. The van der Waals surface area contributed by atoms with Crippen LogP contribution in [0.4, 0.5) is 0 Å². The number of hydrogen-bond donors (Lipinski definition) is 1. The van der Waals surface area contributed by atoms with Gasteiger partial charge in [-0.05, 0) is 6.92 Å². The summed E-state index contributed by atoms with van der Waals surface area (Å²) in [7, 11) is 1.25. The van der Waals surface area contributed by atoms with Crippen LogP contribution in [0, 0.1) is 0 Å². The number of ether oxygens (including phenoxy) is 1. The Hall–Kier alpha value is -0.830. The number of aliphatic hydroxyl groups is 1. The fraction of sp³-hybridized carbons (Fsp3) is 0.500. The first-order valence-corrected chi connectivity index (χ1v) is 2.54. The highest BCUT2D eigenvalue weighted by atomic mass is 16.5. The molecule has 1 atom stereocenters. The van der Waals surface area contributed by atoms with Crippen molar-refractivity contribution in [2.75, 3.05) is 7.11 Å². The maximum atomic E-state index is 10.5. The predicted molar refractivity (Wildman–Crippen MR) is 32.8 cm³/mol. The molecule has 0 aromatic heterocycles. The van der Waals surface area contributed by atoms with E-state index in [1.807, 2.05) is 0 Å². The number of carbonyl (C=O) groups is 1. The number of hydrogen-bond acceptors (Lipinski definition) is 3. The normalized spacial score (nSPS) is 12.3. The molecule has 0 amide bonds. The van der Waals surface area contributed by atoms with E-state index in [2.05, 4.69) is 11.3 Å². The molecule has 0 rings (SSSR count). The predicted octanol–water partition coefficient (Wildman–Crippen LogP) is 0.0964. The van der Waals surface area contributed by atoms with Crippen LogP contribution in [0.1, 0.15) is 6.92 Å². The van der Waals surface area contributed by atoms with E-state index in [4.69, 9.17) is 5.11 Å². The first-order valence-electron chi connectivity index (χ1n) is 2.54. The smallest absolute Gasteiger partial charge is 0.335 e. The van der Waals surface area contributed by atoms with Gasteiger partial charge in [0.25, 0.3) is 0 Å². The molecule has 0 aromatic carbocycles. The SMILES string of the molecule is C=C(C(=O)OC)[C@H](C)O. The monoisotopic (exact) mass is 130 g/mol. The quantitative estimate of drug-likeness (QED) is 0.426. The van der Waals surface area contributed by atoms with Crippen LogP contribution in [0.5, 0.6) is 0 Å². The van der Waals surface area contributed by atoms with Crippen LogP contribution < -0.4 is 0 Å². The summed E-state index contributed by atoms with van der Waals surface area (Å²) in [6, 6.07) is 0. The molecule has 0 aliphatic rings. The second kappa shape index (κ2) is 3.25. The molecule has 0 bridgehead atoms. The van der Waals surface area contributed by atoms with Crippen molar-refractivity contribution >= 4 is 5.97 Å². The Morgan fingerprint density at radius 2 is 2.22 bits per heavy atom. The Morgan fingerprint density at radius 3 is 2.33 bits per heavy atom. The molecule has 1 N–H and O–H groups in total. The van der Waals surface area contributed by atoms with Gasteiger partial charge in [0.1, 0.15) is 0 Å². The zero-order chi connectivity index (χ0) is 7.44. The molecule has 0 unspecified atom stereocenters. The topological polar surface area (TPSA) is 46.5 Å². The minimum Gasteiger partial charge on any atom is -0.466 e. The van der Waals surface area contributed by atoms with Gasteiger partial charge >= 0.3 is 5.97 Å². The van der Waals surface area contributed by atoms with Crippen molar-refractivity contribution in [3.63, 3.8) is 0 Å². The average molecular weight is 130 g/mol. The van der Waals surface area contributed by atoms with E-state index in [1.165, 1.54) is 14.0 Å². The fourth-order valence-electron chi connectivity index (χ4n) is 0.302. The summed E-state index contributed by atoms with van der Waals surface area (Å²) in [5.41, 5.74) is 0.0810. The molecule has 0 spiro atoms. The Labute approximate surface area is 53.9 Å². The molecule has 0 aliphatic carbocycles. The van der Waals surface area contributed by atoms with Gasteiger partial charge < -0.3 is 9.84 Å². The molecule has 0 heterocycles. The third-order valence-corrected chi connectivity index (χ3v) is 0.952. The third kappa shape index (κ3) is 2.28. The molecule has 3 heteroatoms. The van der Waals surface area contributed by atoms with Crippen molar-refractivity contribution in [3.05, 3.63) is 12.2 Å². The van der Waals surface area contributed by atoms with Crippen LogP contribution in [0.15, 0.2) is 12.2 Å². The van der Waals surface area contributed by atoms with Crippen molar-refractivity contribution in [1.82, 2.24) is 0 Å². The van der Waals surface area contributed by atoms with Crippen LogP contribution in [-0.2, 0) is 9.53 Å². The average Bonchev–Trinajstić information content (AvgIpc) is 1.84. The summed E-state index contributed by atoms with van der Waals surface area (Å²) in [5, 5.41) is 8.72. The Kier molecular flexibility index (Phi) is 2.95. The summed E-state index contributed by atoms with van der Waals surface area (Å²) >= 11 is 0. The van der Waals surface area contributed by atoms with Crippen LogP contribution >= 0.6 is 0 Å². The summed E-state index contributed by atoms with van der Waals surface area (Å²) in [5.74, 6) is -0.565. The van der Waals surface area contributed by atoms with Crippen molar-refractivity contribution in [2.24, 2.45) is 0 Å². The molecule has 0 aromatic rings. The minimum absolute atomic E-state index is 0.0810. The Bertz CT molecular complexity index is 126. The van der Waals surface area contributed by atoms with Crippen LogP contribution in [0.25, 0.3) is 0 Å². The standard InChI is InChI=1S/C6H10O3/c1-4(5(2)7)6(8)9-3/h5,7H,1H2,2-3H3/t5-/m0/s1. The Balaban J connectivity index is 3.89. The van der Waals surface area contributed by atoms with E-state index in [0.29, 0.717) is 0 Å². The van der Waals surface area contributed by atoms with Gasteiger partial charge in [-0.25, -0.2) is 4.79 Å². The summed E-state index contributed by atoms with van der Waals surface area (Å²) in [6.07, 6.45) is -0.822. The van der Waals surface area contributed by atoms with Gasteiger partial charge in [0.2, 0.25) is 0 Å². The molecule has 9 heavy (non-hydrogen) atoms. The van der Waals surface area contributed by atoms with E-state index in [9.17, 15) is 4.79 Å². The van der Waals surface area contributed by atoms with Gasteiger partial charge in [-0.2, -0.15) is 0 Å². The van der Waals surface area contributed by atoms with Gasteiger partial charge in [-0.15, -0.1) is 0 Å². The number of carbonyl (C=O) groups excluding carboxylic acids is 1. The summed E-state index contributed by atoms with van der Waals surface area (Å²) in [4.78, 5) is 10.5. The van der Waals surface area contributed by atoms with Crippen molar-refractivity contribution < 1.29 is 14.6 Å².